The first-order valence-corrected chi connectivity index (χ1v) is 7.78. The second-order valence-electron chi connectivity index (χ2n) is 4.34. The average Bonchev–Trinajstić information content (AvgIpc) is 2.52. The lowest BCUT2D eigenvalue weighted by molar-refractivity contribution is -0.118. The summed E-state index contributed by atoms with van der Waals surface area (Å²) in [5.41, 5.74) is 4.23. The summed E-state index contributed by atoms with van der Waals surface area (Å²) in [6.45, 7) is 1.84. The number of carbonyl (C=O) groups excluding carboxylic acids is 1. The highest BCUT2D eigenvalue weighted by atomic mass is 35.5. The topological polar surface area (TPSA) is 41.5 Å². The Morgan fingerprint density at radius 2 is 1.81 bits per heavy atom. The van der Waals surface area contributed by atoms with Crippen LogP contribution in [0.3, 0.4) is 0 Å². The Hall–Kier alpha value is -1.78. The maximum atomic E-state index is 11.7. The zero-order chi connectivity index (χ0) is 15.1. The van der Waals surface area contributed by atoms with Crippen LogP contribution in [0.15, 0.2) is 64.6 Å². The molecule has 0 aliphatic rings. The first-order chi connectivity index (χ1) is 10.1. The first-order valence-electron chi connectivity index (χ1n) is 6.42. The number of halogens is 1. The van der Waals surface area contributed by atoms with Gasteiger partial charge >= 0.3 is 0 Å². The van der Waals surface area contributed by atoms with Gasteiger partial charge in [-0.15, -0.1) is 11.8 Å². The van der Waals surface area contributed by atoms with Crippen LogP contribution in [-0.4, -0.2) is 17.4 Å². The third-order valence-electron chi connectivity index (χ3n) is 2.72. The number of thioether (sulfide) groups is 1. The fourth-order valence-corrected chi connectivity index (χ4v) is 2.44. The van der Waals surface area contributed by atoms with Crippen molar-refractivity contribution >= 4 is 35.0 Å². The number of benzene rings is 2. The van der Waals surface area contributed by atoms with Gasteiger partial charge in [0.2, 0.25) is 5.91 Å². The minimum Gasteiger partial charge on any atom is -0.272 e. The number of hydrogen-bond acceptors (Lipinski definition) is 3. The molecule has 0 spiro atoms. The molecule has 1 amide bonds. The van der Waals surface area contributed by atoms with Crippen LogP contribution in [0, 0.1) is 0 Å². The van der Waals surface area contributed by atoms with Crippen LogP contribution < -0.4 is 5.43 Å². The van der Waals surface area contributed by atoms with Crippen molar-refractivity contribution in [2.45, 2.75) is 11.8 Å². The van der Waals surface area contributed by atoms with Crippen LogP contribution in [0.1, 0.15) is 12.5 Å². The molecule has 2 aromatic rings. The number of hydrogen-bond donors (Lipinski definition) is 1. The summed E-state index contributed by atoms with van der Waals surface area (Å²) in [5, 5.41) is 4.77. The van der Waals surface area contributed by atoms with Gasteiger partial charge in [-0.25, -0.2) is 5.43 Å². The van der Waals surface area contributed by atoms with E-state index >= 15 is 0 Å². The van der Waals surface area contributed by atoms with Gasteiger partial charge in [-0.3, -0.25) is 4.79 Å². The van der Waals surface area contributed by atoms with Crippen molar-refractivity contribution in [1.29, 1.82) is 0 Å². The van der Waals surface area contributed by atoms with E-state index in [1.807, 2.05) is 49.4 Å². The minimum absolute atomic E-state index is 0.128. The van der Waals surface area contributed by atoms with Gasteiger partial charge in [-0.1, -0.05) is 41.9 Å². The molecule has 0 aliphatic carbocycles. The van der Waals surface area contributed by atoms with Crippen LogP contribution in [0.4, 0.5) is 0 Å². The smallest absolute Gasteiger partial charge is 0.250 e. The standard InChI is InChI=1S/C16H15ClN2OS/c1-12(13-7-9-14(17)10-8-13)18-19-16(20)11-21-15-5-3-2-4-6-15/h2-10H,11H2,1H3,(H,19,20)/b18-12-. The molecule has 0 atom stereocenters. The summed E-state index contributed by atoms with van der Waals surface area (Å²) >= 11 is 7.31. The van der Waals surface area contributed by atoms with Gasteiger partial charge in [0.25, 0.3) is 0 Å². The maximum absolute atomic E-state index is 11.7. The second kappa shape index (κ2) is 7.86. The quantitative estimate of drug-likeness (QED) is 0.515. The Kier molecular flexibility index (Phi) is 5.84. The highest BCUT2D eigenvalue weighted by Gasteiger charge is 2.02. The highest BCUT2D eigenvalue weighted by Crippen LogP contribution is 2.16. The predicted octanol–water partition coefficient (Wildman–Crippen LogP) is 3.97. The third kappa shape index (κ3) is 5.25. The summed E-state index contributed by atoms with van der Waals surface area (Å²) in [7, 11) is 0. The van der Waals surface area contributed by atoms with E-state index in [1.54, 1.807) is 12.1 Å². The molecule has 0 fully saturated rings. The van der Waals surface area contributed by atoms with Crippen molar-refractivity contribution in [2.75, 3.05) is 5.75 Å². The first kappa shape index (κ1) is 15.6. The van der Waals surface area contributed by atoms with Crippen molar-refractivity contribution in [3.05, 3.63) is 65.2 Å². The molecule has 2 aromatic carbocycles. The summed E-state index contributed by atoms with van der Waals surface area (Å²) < 4.78 is 0. The molecule has 5 heteroatoms. The molecule has 0 unspecified atom stereocenters. The lowest BCUT2D eigenvalue weighted by Crippen LogP contribution is -2.21. The lowest BCUT2D eigenvalue weighted by Gasteiger charge is -2.03. The summed E-state index contributed by atoms with van der Waals surface area (Å²) in [6.07, 6.45) is 0. The van der Waals surface area contributed by atoms with Gasteiger partial charge in [0.15, 0.2) is 0 Å². The zero-order valence-electron chi connectivity index (χ0n) is 11.5. The van der Waals surface area contributed by atoms with Crippen molar-refractivity contribution < 1.29 is 4.79 Å². The monoisotopic (exact) mass is 318 g/mol. The van der Waals surface area contributed by atoms with Gasteiger partial charge < -0.3 is 0 Å². The van der Waals surface area contributed by atoms with Gasteiger partial charge in [0.05, 0.1) is 11.5 Å². The SMILES string of the molecule is C/C(=N/NC(=O)CSc1ccccc1)c1ccc(Cl)cc1. The van der Waals surface area contributed by atoms with Gasteiger partial charge in [-0.2, -0.15) is 5.10 Å². The molecular weight excluding hydrogens is 304 g/mol. The van der Waals surface area contributed by atoms with E-state index in [2.05, 4.69) is 10.5 Å². The fraction of sp³-hybridized carbons (Fsp3) is 0.125. The van der Waals surface area contributed by atoms with E-state index in [9.17, 15) is 4.79 Å². The molecule has 1 N–H and O–H groups in total. The molecule has 0 bridgehead atoms. The Bertz CT molecular complexity index is 626. The van der Waals surface area contributed by atoms with E-state index in [-0.39, 0.29) is 5.91 Å². The van der Waals surface area contributed by atoms with Crippen molar-refractivity contribution in [1.82, 2.24) is 5.43 Å². The number of amides is 1. The fourth-order valence-electron chi connectivity index (χ4n) is 1.60. The van der Waals surface area contributed by atoms with Crippen molar-refractivity contribution in [3.63, 3.8) is 0 Å². The van der Waals surface area contributed by atoms with Crippen LogP contribution >= 0.6 is 23.4 Å². The summed E-state index contributed by atoms with van der Waals surface area (Å²) in [4.78, 5) is 12.8. The molecule has 0 saturated heterocycles. The van der Waals surface area contributed by atoms with E-state index in [0.717, 1.165) is 16.2 Å². The molecule has 21 heavy (non-hydrogen) atoms. The average molecular weight is 319 g/mol. The van der Waals surface area contributed by atoms with Gasteiger partial charge in [0.1, 0.15) is 0 Å². The van der Waals surface area contributed by atoms with Crippen LogP contribution in [0.5, 0.6) is 0 Å². The molecule has 0 radical (unpaired) electrons. The van der Waals surface area contributed by atoms with Gasteiger partial charge in [0, 0.05) is 9.92 Å². The summed E-state index contributed by atoms with van der Waals surface area (Å²) in [6, 6.07) is 17.1. The lowest BCUT2D eigenvalue weighted by atomic mass is 10.1. The molecule has 0 saturated carbocycles. The van der Waals surface area contributed by atoms with E-state index in [1.165, 1.54) is 11.8 Å². The molecule has 2 rings (SSSR count). The molecule has 0 aliphatic heterocycles. The normalized spacial score (nSPS) is 11.2. The molecule has 0 heterocycles. The minimum atomic E-state index is -0.128. The summed E-state index contributed by atoms with van der Waals surface area (Å²) in [5.74, 6) is 0.207. The Labute approximate surface area is 133 Å². The maximum Gasteiger partial charge on any atom is 0.250 e. The number of rotatable bonds is 5. The third-order valence-corrected chi connectivity index (χ3v) is 3.99. The van der Waals surface area contributed by atoms with E-state index in [4.69, 9.17) is 11.6 Å². The number of nitrogens with zero attached hydrogens (tertiary/aromatic N) is 1. The second-order valence-corrected chi connectivity index (χ2v) is 5.83. The molecule has 0 aromatic heterocycles. The van der Waals surface area contributed by atoms with Crippen molar-refractivity contribution in [3.8, 4) is 0 Å². The molecule has 108 valence electrons. The Morgan fingerprint density at radius 1 is 1.14 bits per heavy atom. The Morgan fingerprint density at radius 3 is 2.48 bits per heavy atom. The highest BCUT2D eigenvalue weighted by molar-refractivity contribution is 8.00. The number of hydrazone groups is 1. The predicted molar refractivity (Wildman–Crippen MR) is 89.0 cm³/mol. The number of nitrogens with one attached hydrogen (secondary N) is 1. The van der Waals surface area contributed by atoms with Crippen LogP contribution in [0.25, 0.3) is 0 Å². The zero-order valence-corrected chi connectivity index (χ0v) is 13.1. The van der Waals surface area contributed by atoms with E-state index in [0.29, 0.717) is 10.8 Å². The largest absolute Gasteiger partial charge is 0.272 e. The number of carbonyl (C=O) groups is 1. The Balaban J connectivity index is 1.85. The van der Waals surface area contributed by atoms with E-state index < -0.39 is 0 Å². The van der Waals surface area contributed by atoms with Crippen LogP contribution in [0.2, 0.25) is 5.02 Å². The van der Waals surface area contributed by atoms with Gasteiger partial charge in [-0.05, 0) is 36.8 Å². The van der Waals surface area contributed by atoms with Crippen molar-refractivity contribution in [2.24, 2.45) is 5.10 Å². The molecular formula is C16H15ClN2OS. The molecule has 3 nitrogen and oxygen atoms in total. The van der Waals surface area contributed by atoms with Crippen LogP contribution in [-0.2, 0) is 4.79 Å².